The molecule has 3 nitrogen and oxygen atoms in total. The number of carbonyl (C=O) groups excluding carboxylic acids is 1. The third kappa shape index (κ3) is 0.690. The van der Waals surface area contributed by atoms with Crippen molar-refractivity contribution in [2.45, 2.75) is 13.0 Å². The van der Waals surface area contributed by atoms with E-state index in [0.717, 1.165) is 0 Å². The molecule has 1 aliphatic heterocycles. The van der Waals surface area contributed by atoms with E-state index in [4.69, 9.17) is 0 Å². The second-order valence-electron chi connectivity index (χ2n) is 2.12. The van der Waals surface area contributed by atoms with E-state index in [-0.39, 0.29) is 11.9 Å². The lowest BCUT2D eigenvalue weighted by Gasteiger charge is -2.03. The number of likely N-dealkylation sites (N-methyl/N-ethyl adjacent to an activating group) is 1. The van der Waals surface area contributed by atoms with Gasteiger partial charge in [0.15, 0.2) is 0 Å². The van der Waals surface area contributed by atoms with Gasteiger partial charge in [-0.3, -0.25) is 10.1 Å². The van der Waals surface area contributed by atoms with Crippen LogP contribution in [-0.4, -0.2) is 30.6 Å². The highest BCUT2D eigenvalue weighted by atomic mass is 16.2. The van der Waals surface area contributed by atoms with Crippen molar-refractivity contribution in [2.24, 2.45) is 0 Å². The number of carbonyl (C=O) groups is 1. The summed E-state index contributed by atoms with van der Waals surface area (Å²) in [5, 5.41) is 3.00. The van der Waals surface area contributed by atoms with Gasteiger partial charge in [0.05, 0.1) is 12.7 Å². The number of nitrogens with one attached hydrogen (secondary N) is 1. The zero-order chi connectivity index (χ0) is 6.15. The molecule has 1 rings (SSSR count). The number of rotatable bonds is 0. The van der Waals surface area contributed by atoms with Gasteiger partial charge in [0.1, 0.15) is 0 Å². The molecule has 0 unspecified atom stereocenters. The predicted octanol–water partition coefficient (Wildman–Crippen LogP) is -0.606. The summed E-state index contributed by atoms with van der Waals surface area (Å²) in [5.74, 6) is 0.185. The molecule has 0 bridgehead atoms. The van der Waals surface area contributed by atoms with Crippen molar-refractivity contribution in [3.63, 3.8) is 0 Å². The van der Waals surface area contributed by atoms with Crippen molar-refractivity contribution in [1.82, 2.24) is 10.2 Å². The second kappa shape index (κ2) is 1.74. The summed E-state index contributed by atoms with van der Waals surface area (Å²) < 4.78 is 0. The summed E-state index contributed by atoms with van der Waals surface area (Å²) in [5.41, 5.74) is 0. The summed E-state index contributed by atoms with van der Waals surface area (Å²) in [4.78, 5) is 12.4. The first-order valence-corrected chi connectivity index (χ1v) is 2.70. The van der Waals surface area contributed by atoms with Gasteiger partial charge in [-0.2, -0.15) is 0 Å². The monoisotopic (exact) mass is 114 g/mol. The van der Waals surface area contributed by atoms with Crippen LogP contribution in [0.25, 0.3) is 0 Å². The van der Waals surface area contributed by atoms with E-state index in [1.807, 2.05) is 6.92 Å². The molecule has 1 atom stereocenters. The molecular formula is C5H10N2O. The van der Waals surface area contributed by atoms with Gasteiger partial charge in [-0.15, -0.1) is 0 Å². The first kappa shape index (κ1) is 5.56. The van der Waals surface area contributed by atoms with Gasteiger partial charge in [0, 0.05) is 7.05 Å². The average molecular weight is 114 g/mol. The van der Waals surface area contributed by atoms with Crippen LogP contribution in [0, 0.1) is 0 Å². The highest BCUT2D eigenvalue weighted by Gasteiger charge is 2.22. The highest BCUT2D eigenvalue weighted by molar-refractivity contribution is 5.82. The van der Waals surface area contributed by atoms with Crippen molar-refractivity contribution in [3.05, 3.63) is 0 Å². The quantitative estimate of drug-likeness (QED) is 0.456. The normalized spacial score (nSPS) is 29.5. The molecule has 0 aromatic rings. The van der Waals surface area contributed by atoms with Crippen molar-refractivity contribution in [1.29, 1.82) is 0 Å². The Balaban J connectivity index is 2.57. The first-order valence-electron chi connectivity index (χ1n) is 2.70. The number of hydrogen-bond donors (Lipinski definition) is 1. The molecule has 1 amide bonds. The van der Waals surface area contributed by atoms with Crippen molar-refractivity contribution >= 4 is 5.91 Å². The molecule has 8 heavy (non-hydrogen) atoms. The molecule has 1 N–H and O–H groups in total. The lowest BCUT2D eigenvalue weighted by molar-refractivity contribution is -0.127. The van der Waals surface area contributed by atoms with Crippen molar-refractivity contribution in [2.75, 3.05) is 13.7 Å². The van der Waals surface area contributed by atoms with Gasteiger partial charge in [-0.1, -0.05) is 0 Å². The smallest absolute Gasteiger partial charge is 0.240 e. The SMILES string of the molecule is C[C@H]1NCN(C)C1=O. The summed E-state index contributed by atoms with van der Waals surface area (Å²) in [6.07, 6.45) is 0. The van der Waals surface area contributed by atoms with Crippen molar-refractivity contribution < 1.29 is 4.79 Å². The maximum absolute atomic E-state index is 10.8. The fraction of sp³-hybridized carbons (Fsp3) is 0.800. The summed E-state index contributed by atoms with van der Waals surface area (Å²) in [6.45, 7) is 2.56. The molecule has 0 radical (unpaired) electrons. The molecule has 0 saturated carbocycles. The van der Waals surface area contributed by atoms with Crippen LogP contribution in [0.15, 0.2) is 0 Å². The van der Waals surface area contributed by atoms with Gasteiger partial charge in [-0.25, -0.2) is 0 Å². The van der Waals surface area contributed by atoms with Crippen LogP contribution in [0.4, 0.5) is 0 Å². The van der Waals surface area contributed by atoms with Crippen LogP contribution < -0.4 is 5.32 Å². The minimum absolute atomic E-state index is 0.0278. The maximum atomic E-state index is 10.8. The Morgan fingerprint density at radius 1 is 1.88 bits per heavy atom. The Morgan fingerprint density at radius 2 is 2.50 bits per heavy atom. The average Bonchev–Trinajstić information content (AvgIpc) is 1.98. The van der Waals surface area contributed by atoms with E-state index in [1.165, 1.54) is 0 Å². The largest absolute Gasteiger partial charge is 0.332 e. The molecule has 1 saturated heterocycles. The lowest BCUT2D eigenvalue weighted by atomic mass is 10.3. The topological polar surface area (TPSA) is 32.3 Å². The third-order valence-corrected chi connectivity index (χ3v) is 1.38. The Morgan fingerprint density at radius 3 is 2.62 bits per heavy atom. The van der Waals surface area contributed by atoms with Crippen LogP contribution >= 0.6 is 0 Å². The molecular weight excluding hydrogens is 104 g/mol. The van der Waals surface area contributed by atoms with Crippen LogP contribution in [-0.2, 0) is 4.79 Å². The molecule has 1 aliphatic rings. The Bertz CT molecular complexity index is 101. The van der Waals surface area contributed by atoms with Gasteiger partial charge >= 0.3 is 0 Å². The first-order chi connectivity index (χ1) is 3.72. The van der Waals surface area contributed by atoms with E-state index in [9.17, 15) is 4.79 Å². The molecule has 0 spiro atoms. The lowest BCUT2D eigenvalue weighted by Crippen LogP contribution is -2.24. The van der Waals surface area contributed by atoms with Crippen LogP contribution in [0.5, 0.6) is 0 Å². The van der Waals surface area contributed by atoms with E-state index < -0.39 is 0 Å². The molecule has 46 valence electrons. The highest BCUT2D eigenvalue weighted by Crippen LogP contribution is 1.96. The summed E-state index contributed by atoms with van der Waals surface area (Å²) in [7, 11) is 1.79. The minimum atomic E-state index is 0.0278. The van der Waals surface area contributed by atoms with E-state index in [0.29, 0.717) is 6.67 Å². The molecule has 0 aromatic carbocycles. The predicted molar refractivity (Wildman–Crippen MR) is 30.2 cm³/mol. The van der Waals surface area contributed by atoms with Gasteiger partial charge < -0.3 is 4.90 Å². The van der Waals surface area contributed by atoms with Gasteiger partial charge in [-0.05, 0) is 6.92 Å². The van der Waals surface area contributed by atoms with Crippen LogP contribution in [0.3, 0.4) is 0 Å². The maximum Gasteiger partial charge on any atom is 0.240 e. The minimum Gasteiger partial charge on any atom is -0.332 e. The Kier molecular flexibility index (Phi) is 1.21. The third-order valence-electron chi connectivity index (χ3n) is 1.38. The van der Waals surface area contributed by atoms with Gasteiger partial charge in [0.2, 0.25) is 5.91 Å². The van der Waals surface area contributed by atoms with Gasteiger partial charge in [0.25, 0.3) is 0 Å². The van der Waals surface area contributed by atoms with Crippen molar-refractivity contribution in [3.8, 4) is 0 Å². The fourth-order valence-corrected chi connectivity index (χ4v) is 0.770. The zero-order valence-corrected chi connectivity index (χ0v) is 5.14. The van der Waals surface area contributed by atoms with E-state index in [2.05, 4.69) is 5.32 Å². The standard InChI is InChI=1S/C5H10N2O/c1-4-5(8)7(2)3-6-4/h4,6H,3H2,1-2H3/t4-/m1/s1. The second-order valence-corrected chi connectivity index (χ2v) is 2.12. The number of hydrogen-bond acceptors (Lipinski definition) is 2. The van der Waals surface area contributed by atoms with E-state index >= 15 is 0 Å². The molecule has 0 aromatic heterocycles. The summed E-state index contributed by atoms with van der Waals surface area (Å²) >= 11 is 0. The van der Waals surface area contributed by atoms with Crippen LogP contribution in [0.1, 0.15) is 6.92 Å². The molecule has 1 fully saturated rings. The molecule has 1 heterocycles. The zero-order valence-electron chi connectivity index (χ0n) is 5.14. The Hall–Kier alpha value is -0.570. The number of amides is 1. The fourth-order valence-electron chi connectivity index (χ4n) is 0.770. The molecule has 3 heteroatoms. The number of nitrogens with zero attached hydrogens (tertiary/aromatic N) is 1. The van der Waals surface area contributed by atoms with E-state index in [1.54, 1.807) is 11.9 Å². The van der Waals surface area contributed by atoms with Crippen LogP contribution in [0.2, 0.25) is 0 Å². The summed E-state index contributed by atoms with van der Waals surface area (Å²) in [6, 6.07) is 0.0278. The molecule has 0 aliphatic carbocycles. The Labute approximate surface area is 48.7 Å².